The van der Waals surface area contributed by atoms with Gasteiger partial charge in [0.1, 0.15) is 0 Å². The molecule has 0 spiro atoms. The number of likely N-dealkylation sites (N-methyl/N-ethyl adjacent to an activating group) is 1. The van der Waals surface area contributed by atoms with E-state index in [1.807, 2.05) is 36.1 Å². The molecular formula is C32H40N4O6. The number of hydrogen-bond acceptors (Lipinski definition) is 7. The van der Waals surface area contributed by atoms with E-state index < -0.39 is 12.0 Å². The fourth-order valence-electron chi connectivity index (χ4n) is 5.71. The summed E-state index contributed by atoms with van der Waals surface area (Å²) < 4.78 is 16.3. The number of hydrogen-bond donors (Lipinski definition) is 1. The summed E-state index contributed by atoms with van der Waals surface area (Å²) in [6.45, 7) is 12.6. The fourth-order valence-corrected chi connectivity index (χ4v) is 5.71. The summed E-state index contributed by atoms with van der Waals surface area (Å²) in [7, 11) is 1.67. The maximum absolute atomic E-state index is 13.4. The summed E-state index contributed by atoms with van der Waals surface area (Å²) in [6, 6.07) is 12.3. The number of carbonyl (C=O) groups excluding carboxylic acids is 3. The molecule has 2 aromatic carbocycles. The molecule has 0 aromatic heterocycles. The van der Waals surface area contributed by atoms with E-state index in [2.05, 4.69) is 31.0 Å². The van der Waals surface area contributed by atoms with E-state index in [-0.39, 0.29) is 36.8 Å². The van der Waals surface area contributed by atoms with Crippen LogP contribution in [0.25, 0.3) is 0 Å². The van der Waals surface area contributed by atoms with E-state index in [1.54, 1.807) is 32.2 Å². The first kappa shape index (κ1) is 29.4. The molecule has 0 unspecified atom stereocenters. The van der Waals surface area contributed by atoms with Gasteiger partial charge in [0, 0.05) is 50.5 Å². The molecule has 1 N–H and O–H groups in total. The number of carbonyl (C=O) groups is 3. The van der Waals surface area contributed by atoms with Gasteiger partial charge in [0.15, 0.2) is 11.5 Å². The highest BCUT2D eigenvalue weighted by atomic mass is 16.7. The lowest BCUT2D eigenvalue weighted by Crippen LogP contribution is -2.56. The Labute approximate surface area is 247 Å². The van der Waals surface area contributed by atoms with Gasteiger partial charge in [-0.2, -0.15) is 0 Å². The molecule has 2 aromatic rings. The summed E-state index contributed by atoms with van der Waals surface area (Å²) in [6.07, 6.45) is 0. The molecule has 3 aliphatic rings. The molecule has 1 saturated heterocycles. The average molecular weight is 577 g/mol. The summed E-state index contributed by atoms with van der Waals surface area (Å²) in [5.74, 6) is 0.694. The molecule has 3 heterocycles. The van der Waals surface area contributed by atoms with Crippen molar-refractivity contribution < 1.29 is 28.6 Å². The smallest absolute Gasteiger partial charge is 0.338 e. The lowest BCUT2D eigenvalue weighted by atomic mass is 9.85. The monoisotopic (exact) mass is 576 g/mol. The third-order valence-corrected chi connectivity index (χ3v) is 8.15. The van der Waals surface area contributed by atoms with E-state index in [9.17, 15) is 14.4 Å². The zero-order valence-corrected chi connectivity index (χ0v) is 25.2. The van der Waals surface area contributed by atoms with Crippen molar-refractivity contribution in [3.63, 3.8) is 0 Å². The molecule has 10 nitrogen and oxygen atoms in total. The Bertz CT molecular complexity index is 1400. The zero-order valence-electron chi connectivity index (χ0n) is 25.2. The van der Waals surface area contributed by atoms with E-state index in [4.69, 9.17) is 14.2 Å². The molecule has 3 aliphatic heterocycles. The minimum Gasteiger partial charge on any atom is -0.463 e. The number of nitrogens with one attached hydrogen (secondary N) is 1. The highest BCUT2D eigenvalue weighted by Gasteiger charge is 2.38. The molecule has 1 fully saturated rings. The second kappa shape index (κ2) is 11.7. The van der Waals surface area contributed by atoms with Gasteiger partial charge in [-0.25, -0.2) is 9.59 Å². The molecule has 5 rings (SSSR count). The predicted octanol–water partition coefficient (Wildman–Crippen LogP) is 4.07. The number of rotatable bonds is 6. The Kier molecular flexibility index (Phi) is 8.19. The van der Waals surface area contributed by atoms with Gasteiger partial charge in [-0.15, -0.1) is 0 Å². The topological polar surface area (TPSA) is 101 Å². The Hall–Kier alpha value is -4.05. The van der Waals surface area contributed by atoms with Gasteiger partial charge in [0.05, 0.1) is 18.2 Å². The Morgan fingerprint density at radius 2 is 1.76 bits per heavy atom. The van der Waals surface area contributed by atoms with Gasteiger partial charge >= 0.3 is 12.0 Å². The van der Waals surface area contributed by atoms with Crippen molar-refractivity contribution in [2.45, 2.75) is 52.1 Å². The molecule has 0 saturated carbocycles. The van der Waals surface area contributed by atoms with E-state index in [1.165, 1.54) is 4.90 Å². The van der Waals surface area contributed by atoms with E-state index >= 15 is 0 Å². The van der Waals surface area contributed by atoms with Crippen LogP contribution in [0.15, 0.2) is 53.7 Å². The number of ether oxygens (including phenoxy) is 3. The summed E-state index contributed by atoms with van der Waals surface area (Å²) in [5.41, 5.74) is 3.53. The van der Waals surface area contributed by atoms with Gasteiger partial charge in [-0.05, 0) is 48.6 Å². The number of piperazine rings is 1. The van der Waals surface area contributed by atoms with Crippen LogP contribution < -0.4 is 14.8 Å². The first-order chi connectivity index (χ1) is 20.0. The molecule has 10 heteroatoms. The van der Waals surface area contributed by atoms with Crippen molar-refractivity contribution in [3.8, 4) is 11.5 Å². The van der Waals surface area contributed by atoms with Crippen molar-refractivity contribution >= 4 is 17.9 Å². The minimum absolute atomic E-state index is 0.0253. The molecule has 2 atom stereocenters. The molecule has 0 aliphatic carbocycles. The van der Waals surface area contributed by atoms with E-state index in [0.29, 0.717) is 54.5 Å². The normalized spacial score (nSPS) is 21.0. The predicted molar refractivity (Wildman–Crippen MR) is 157 cm³/mol. The number of benzene rings is 2. The number of urea groups is 1. The van der Waals surface area contributed by atoms with Crippen LogP contribution in [0.3, 0.4) is 0 Å². The lowest BCUT2D eigenvalue weighted by molar-refractivity contribution is -0.139. The van der Waals surface area contributed by atoms with Crippen LogP contribution in [0.5, 0.6) is 11.5 Å². The molecule has 224 valence electrons. The minimum atomic E-state index is -0.636. The second-order valence-electron chi connectivity index (χ2n) is 12.0. The second-order valence-corrected chi connectivity index (χ2v) is 12.0. The summed E-state index contributed by atoms with van der Waals surface area (Å²) >= 11 is 0. The highest BCUT2D eigenvalue weighted by molar-refractivity contribution is 5.96. The van der Waals surface area contributed by atoms with Crippen molar-refractivity contribution in [1.29, 1.82) is 0 Å². The third kappa shape index (κ3) is 5.81. The largest absolute Gasteiger partial charge is 0.463 e. The van der Waals surface area contributed by atoms with Crippen molar-refractivity contribution in [3.05, 3.63) is 70.4 Å². The molecular weight excluding hydrogens is 536 g/mol. The van der Waals surface area contributed by atoms with Crippen LogP contribution in [0.4, 0.5) is 4.79 Å². The number of amides is 3. The van der Waals surface area contributed by atoms with Crippen LogP contribution in [0.1, 0.15) is 62.1 Å². The molecule has 0 radical (unpaired) electrons. The Morgan fingerprint density at radius 3 is 2.43 bits per heavy atom. The van der Waals surface area contributed by atoms with Gasteiger partial charge in [0.25, 0.3) is 5.91 Å². The summed E-state index contributed by atoms with van der Waals surface area (Å²) in [4.78, 5) is 45.5. The standard InChI is InChI=1S/C32H40N4O6/c1-7-40-30(38)27-24(34(6)31(39)33-28(27)21-8-11-23(12-9-21)32(3,4)5)18-35-14-15-36(20(2)17-35)29(37)22-10-13-25-26(16-22)42-19-41-25/h8-13,16,20,28H,7,14-15,17-19H2,1-6H3,(H,33,39)/t20-,28-/m1/s1. The number of nitrogens with zero attached hydrogens (tertiary/aromatic N) is 3. The van der Waals surface area contributed by atoms with Crippen LogP contribution in [-0.2, 0) is 14.9 Å². The third-order valence-electron chi connectivity index (χ3n) is 8.15. The van der Waals surface area contributed by atoms with Gasteiger partial charge < -0.3 is 24.4 Å². The van der Waals surface area contributed by atoms with Crippen LogP contribution in [-0.4, -0.2) is 85.3 Å². The van der Waals surface area contributed by atoms with E-state index in [0.717, 1.165) is 11.1 Å². The maximum atomic E-state index is 13.4. The molecule has 3 amide bonds. The molecule has 42 heavy (non-hydrogen) atoms. The SMILES string of the molecule is CCOC(=O)C1=C(CN2CCN(C(=O)c3ccc4c(c3)OCO4)[C@H](C)C2)N(C)C(=O)N[C@@H]1c1ccc(C(C)(C)C)cc1. The average Bonchev–Trinajstić information content (AvgIpc) is 3.43. The zero-order chi connectivity index (χ0) is 30.2. The Morgan fingerprint density at radius 1 is 1.05 bits per heavy atom. The first-order valence-corrected chi connectivity index (χ1v) is 14.5. The number of fused-ring (bicyclic) bond motifs is 1. The van der Waals surface area contributed by atoms with Gasteiger partial charge in [0.2, 0.25) is 6.79 Å². The maximum Gasteiger partial charge on any atom is 0.338 e. The first-order valence-electron chi connectivity index (χ1n) is 14.5. The molecule has 0 bridgehead atoms. The highest BCUT2D eigenvalue weighted by Crippen LogP contribution is 2.35. The quantitative estimate of drug-likeness (QED) is 0.518. The van der Waals surface area contributed by atoms with Crippen LogP contribution in [0.2, 0.25) is 0 Å². The number of esters is 1. The summed E-state index contributed by atoms with van der Waals surface area (Å²) in [5, 5.41) is 3.00. The van der Waals surface area contributed by atoms with Crippen molar-refractivity contribution in [1.82, 2.24) is 20.0 Å². The van der Waals surface area contributed by atoms with Crippen molar-refractivity contribution in [2.24, 2.45) is 0 Å². The van der Waals surface area contributed by atoms with Gasteiger partial charge in [-0.3, -0.25) is 14.6 Å². The van der Waals surface area contributed by atoms with Crippen LogP contribution in [0, 0.1) is 0 Å². The Balaban J connectivity index is 1.38. The van der Waals surface area contributed by atoms with Crippen LogP contribution >= 0.6 is 0 Å². The van der Waals surface area contributed by atoms with Gasteiger partial charge in [-0.1, -0.05) is 45.0 Å². The fraction of sp³-hybridized carbons (Fsp3) is 0.469. The lowest BCUT2D eigenvalue weighted by Gasteiger charge is -2.42. The van der Waals surface area contributed by atoms with Crippen molar-refractivity contribution in [2.75, 3.05) is 46.6 Å².